The number of nitrogens with zero attached hydrogens (tertiary/aromatic N) is 3. The molecule has 1 amide bonds. The summed E-state index contributed by atoms with van der Waals surface area (Å²) in [6, 6.07) is 3.77. The fourth-order valence-corrected chi connectivity index (χ4v) is 3.80. The monoisotopic (exact) mass is 356 g/mol. The van der Waals surface area contributed by atoms with Crippen LogP contribution in [0, 0.1) is 5.92 Å². The van der Waals surface area contributed by atoms with Crippen LogP contribution < -0.4 is 5.32 Å². The number of carbonyl (C=O) groups excluding carboxylic acids is 1. The van der Waals surface area contributed by atoms with Crippen LogP contribution in [0.4, 0.5) is 5.95 Å². The molecule has 0 unspecified atom stereocenters. The van der Waals surface area contributed by atoms with Gasteiger partial charge in [0.25, 0.3) is 0 Å². The van der Waals surface area contributed by atoms with Crippen LogP contribution in [0.5, 0.6) is 0 Å². The van der Waals surface area contributed by atoms with E-state index in [4.69, 9.17) is 14.1 Å². The highest BCUT2D eigenvalue weighted by Gasteiger charge is 2.46. The summed E-state index contributed by atoms with van der Waals surface area (Å²) in [4.78, 5) is 23.6. The second-order valence-corrected chi connectivity index (χ2v) is 7.44. The van der Waals surface area contributed by atoms with Gasteiger partial charge in [0.15, 0.2) is 0 Å². The molecule has 0 aromatic carbocycles. The first-order valence-corrected chi connectivity index (χ1v) is 9.07. The number of hydrogen-bond acceptors (Lipinski definition) is 6. The molecule has 138 valence electrons. The van der Waals surface area contributed by atoms with E-state index in [2.05, 4.69) is 10.3 Å². The summed E-state index contributed by atoms with van der Waals surface area (Å²) < 4.78 is 11.2. The highest BCUT2D eigenvalue weighted by Crippen LogP contribution is 2.39. The van der Waals surface area contributed by atoms with Gasteiger partial charge < -0.3 is 19.4 Å². The summed E-state index contributed by atoms with van der Waals surface area (Å²) in [5, 5.41) is 3.22. The highest BCUT2D eigenvalue weighted by molar-refractivity contribution is 5.78. The number of likely N-dealkylation sites (tertiary alicyclic amines) is 1. The fraction of sp³-hybridized carbons (Fsp3) is 0.526. The van der Waals surface area contributed by atoms with Crippen molar-refractivity contribution in [2.24, 2.45) is 5.92 Å². The van der Waals surface area contributed by atoms with E-state index < -0.39 is 0 Å². The molecule has 1 atom stereocenters. The van der Waals surface area contributed by atoms with Crippen LogP contribution in [0.3, 0.4) is 0 Å². The van der Waals surface area contributed by atoms with Crippen molar-refractivity contribution < 1.29 is 13.9 Å². The van der Waals surface area contributed by atoms with E-state index in [0.717, 1.165) is 30.0 Å². The van der Waals surface area contributed by atoms with Gasteiger partial charge in [-0.3, -0.25) is 4.79 Å². The lowest BCUT2D eigenvalue weighted by Crippen LogP contribution is -2.42. The second-order valence-electron chi connectivity index (χ2n) is 7.44. The third kappa shape index (κ3) is 3.07. The first-order chi connectivity index (χ1) is 12.6. The maximum absolute atomic E-state index is 12.4. The fourth-order valence-electron chi connectivity index (χ4n) is 3.80. The Morgan fingerprint density at radius 2 is 2.35 bits per heavy atom. The van der Waals surface area contributed by atoms with Crippen LogP contribution >= 0.6 is 0 Å². The maximum atomic E-state index is 12.4. The minimum atomic E-state index is -0.234. The van der Waals surface area contributed by atoms with Gasteiger partial charge in [-0.05, 0) is 18.6 Å². The lowest BCUT2D eigenvalue weighted by atomic mass is 9.80. The molecule has 2 aliphatic rings. The van der Waals surface area contributed by atoms with Crippen molar-refractivity contribution in [2.75, 3.05) is 25.0 Å². The predicted molar refractivity (Wildman–Crippen MR) is 95.4 cm³/mol. The van der Waals surface area contributed by atoms with Gasteiger partial charge in [-0.2, -0.15) is 0 Å². The zero-order chi connectivity index (χ0) is 18.1. The van der Waals surface area contributed by atoms with Crippen molar-refractivity contribution in [2.45, 2.75) is 38.8 Å². The topological polar surface area (TPSA) is 80.5 Å². The Bertz CT molecular complexity index is 790. The summed E-state index contributed by atoms with van der Waals surface area (Å²) in [7, 11) is 0. The van der Waals surface area contributed by atoms with Gasteiger partial charge in [-0.1, -0.05) is 13.8 Å². The van der Waals surface area contributed by atoms with Crippen LogP contribution in [0.15, 0.2) is 29.0 Å². The van der Waals surface area contributed by atoms with E-state index >= 15 is 0 Å². The van der Waals surface area contributed by atoms with Crippen LogP contribution in [-0.2, 0) is 28.1 Å². The van der Waals surface area contributed by atoms with Crippen molar-refractivity contribution >= 4 is 11.9 Å². The van der Waals surface area contributed by atoms with Gasteiger partial charge in [-0.15, -0.1) is 0 Å². The normalized spacial score (nSPS) is 22.0. The molecule has 26 heavy (non-hydrogen) atoms. The molecule has 7 heteroatoms. The number of fused-ring (bicyclic) bond motifs is 2. The van der Waals surface area contributed by atoms with E-state index in [0.29, 0.717) is 32.3 Å². The lowest BCUT2D eigenvalue weighted by molar-refractivity contribution is -0.133. The molecule has 1 N–H and O–H groups in total. The highest BCUT2D eigenvalue weighted by atomic mass is 16.5. The Balaban J connectivity index is 1.57. The number of rotatable bonds is 4. The number of aromatic nitrogens is 2. The largest absolute Gasteiger partial charge is 0.467 e. The molecule has 1 fully saturated rings. The molecule has 1 saturated heterocycles. The zero-order valence-electron chi connectivity index (χ0n) is 15.2. The summed E-state index contributed by atoms with van der Waals surface area (Å²) in [6.45, 7) is 6.94. The zero-order valence-corrected chi connectivity index (χ0v) is 15.2. The number of nitrogens with one attached hydrogen (secondary N) is 1. The van der Waals surface area contributed by atoms with Crippen molar-refractivity contribution in [1.29, 1.82) is 0 Å². The van der Waals surface area contributed by atoms with Crippen molar-refractivity contribution in [1.82, 2.24) is 14.9 Å². The quantitative estimate of drug-likeness (QED) is 0.906. The number of hydrogen-bond donors (Lipinski definition) is 1. The Kier molecular flexibility index (Phi) is 4.40. The van der Waals surface area contributed by atoms with Gasteiger partial charge in [-0.25, -0.2) is 9.97 Å². The maximum Gasteiger partial charge on any atom is 0.225 e. The van der Waals surface area contributed by atoms with E-state index in [9.17, 15) is 4.79 Å². The second kappa shape index (κ2) is 6.72. The average molecular weight is 356 g/mol. The first-order valence-electron chi connectivity index (χ1n) is 9.07. The van der Waals surface area contributed by atoms with Gasteiger partial charge in [0.1, 0.15) is 5.76 Å². The molecule has 0 aliphatic carbocycles. The summed E-state index contributed by atoms with van der Waals surface area (Å²) in [5.74, 6) is 1.61. The Morgan fingerprint density at radius 1 is 1.46 bits per heavy atom. The van der Waals surface area contributed by atoms with Crippen LogP contribution in [0.2, 0.25) is 0 Å². The van der Waals surface area contributed by atoms with Crippen LogP contribution in [-0.4, -0.2) is 40.5 Å². The molecule has 7 nitrogen and oxygen atoms in total. The summed E-state index contributed by atoms with van der Waals surface area (Å²) in [6.07, 6.45) is 4.35. The molecule has 0 radical (unpaired) electrons. The molecule has 2 aromatic heterocycles. The first kappa shape index (κ1) is 17.0. The number of anilines is 1. The smallest absolute Gasteiger partial charge is 0.225 e. The minimum absolute atomic E-state index is 0.00468. The third-order valence-electron chi connectivity index (χ3n) is 5.16. The number of amides is 1. The molecule has 4 heterocycles. The predicted octanol–water partition coefficient (Wildman–Crippen LogP) is 2.34. The molecule has 0 saturated carbocycles. The molecule has 2 aromatic rings. The Labute approximate surface area is 152 Å². The van der Waals surface area contributed by atoms with E-state index in [1.165, 1.54) is 0 Å². The van der Waals surface area contributed by atoms with Gasteiger partial charge in [0, 0.05) is 30.8 Å². The van der Waals surface area contributed by atoms with Crippen molar-refractivity contribution in [3.8, 4) is 0 Å². The van der Waals surface area contributed by atoms with E-state index in [-0.39, 0.29) is 17.2 Å². The molecule has 4 rings (SSSR count). The van der Waals surface area contributed by atoms with Gasteiger partial charge >= 0.3 is 0 Å². The molecule has 2 aliphatic heterocycles. The van der Waals surface area contributed by atoms with Crippen molar-refractivity contribution in [3.05, 3.63) is 41.6 Å². The SMILES string of the molecule is CC(C)C(=O)N1CC[C@@]2(COCc3cnc(NCc4ccco4)nc32)C1. The van der Waals surface area contributed by atoms with E-state index in [1.807, 2.05) is 37.1 Å². The Hall–Kier alpha value is -2.41. The van der Waals surface area contributed by atoms with E-state index in [1.54, 1.807) is 6.26 Å². The minimum Gasteiger partial charge on any atom is -0.467 e. The average Bonchev–Trinajstić information content (AvgIpc) is 3.30. The molecular weight excluding hydrogens is 332 g/mol. The number of ether oxygens (including phenoxy) is 1. The molecule has 1 spiro atoms. The van der Waals surface area contributed by atoms with Gasteiger partial charge in [0.2, 0.25) is 11.9 Å². The summed E-state index contributed by atoms with van der Waals surface area (Å²) in [5.41, 5.74) is 1.79. The molecule has 0 bridgehead atoms. The third-order valence-corrected chi connectivity index (χ3v) is 5.16. The molecular formula is C19H24N4O3. The van der Waals surface area contributed by atoms with Crippen LogP contribution in [0.1, 0.15) is 37.3 Å². The number of furan rings is 1. The van der Waals surface area contributed by atoms with Crippen LogP contribution in [0.25, 0.3) is 0 Å². The Morgan fingerprint density at radius 3 is 3.12 bits per heavy atom. The van der Waals surface area contributed by atoms with Gasteiger partial charge in [0.05, 0.1) is 37.1 Å². The lowest BCUT2D eigenvalue weighted by Gasteiger charge is -2.34. The van der Waals surface area contributed by atoms with Crippen molar-refractivity contribution in [3.63, 3.8) is 0 Å². The summed E-state index contributed by atoms with van der Waals surface area (Å²) >= 11 is 0. The standard InChI is InChI=1S/C19H24N4O3/c1-13(2)17(24)23-6-5-19(11-23)12-25-10-14-8-20-18(22-16(14)19)21-9-15-4-3-7-26-15/h3-4,7-8,13H,5-6,9-12H2,1-2H3,(H,20,21,22)/t19-/m0/s1. The number of carbonyl (C=O) groups is 1.